The highest BCUT2D eigenvalue weighted by Crippen LogP contribution is 2.37. The molecule has 3 rings (SSSR count). The molecule has 2 saturated heterocycles. The molecule has 26 heavy (non-hydrogen) atoms. The van der Waals surface area contributed by atoms with Crippen molar-refractivity contribution in [3.05, 3.63) is 23.8 Å². The Morgan fingerprint density at radius 1 is 1.12 bits per heavy atom. The van der Waals surface area contributed by atoms with Crippen molar-refractivity contribution < 1.29 is 23.9 Å². The number of amides is 3. The minimum Gasteiger partial charge on any atom is -0.493 e. The first-order chi connectivity index (χ1) is 12.5. The molecule has 0 radical (unpaired) electrons. The molecule has 2 heterocycles. The van der Waals surface area contributed by atoms with Crippen molar-refractivity contribution >= 4 is 17.7 Å². The zero-order chi connectivity index (χ0) is 18.7. The molecule has 7 nitrogen and oxygen atoms in total. The van der Waals surface area contributed by atoms with Crippen LogP contribution in [0.5, 0.6) is 11.5 Å². The third-order valence-electron chi connectivity index (χ3n) is 5.07. The maximum atomic E-state index is 12.7. The van der Waals surface area contributed by atoms with Crippen LogP contribution in [0.25, 0.3) is 0 Å². The second-order valence-electron chi connectivity index (χ2n) is 6.55. The molecular formula is C19H24N2O5. The molecule has 0 aliphatic carbocycles. The topological polar surface area (TPSA) is 76.2 Å². The number of nitrogens with zero attached hydrogens (tertiary/aromatic N) is 2. The number of carbonyl (C=O) groups is 3. The van der Waals surface area contributed by atoms with Gasteiger partial charge in [0.15, 0.2) is 11.5 Å². The van der Waals surface area contributed by atoms with Gasteiger partial charge in [0.2, 0.25) is 17.7 Å². The molecule has 0 N–H and O–H groups in total. The van der Waals surface area contributed by atoms with Crippen LogP contribution in [-0.4, -0.2) is 54.8 Å². The molecule has 2 fully saturated rings. The lowest BCUT2D eigenvalue weighted by molar-refractivity contribution is -0.139. The summed E-state index contributed by atoms with van der Waals surface area (Å²) in [5.41, 5.74) is 1.00. The average molecular weight is 360 g/mol. The van der Waals surface area contributed by atoms with Crippen LogP contribution >= 0.6 is 0 Å². The first-order valence-electron chi connectivity index (χ1n) is 8.89. The predicted molar refractivity (Wildman–Crippen MR) is 93.8 cm³/mol. The van der Waals surface area contributed by atoms with E-state index in [4.69, 9.17) is 9.47 Å². The van der Waals surface area contributed by atoms with Crippen molar-refractivity contribution in [2.45, 2.75) is 38.1 Å². The van der Waals surface area contributed by atoms with Gasteiger partial charge in [0, 0.05) is 32.4 Å². The van der Waals surface area contributed by atoms with Gasteiger partial charge in [-0.1, -0.05) is 6.07 Å². The predicted octanol–water partition coefficient (Wildman–Crippen LogP) is 1.91. The number of benzene rings is 1. The molecule has 140 valence electrons. The average Bonchev–Trinajstić information content (AvgIpc) is 3.26. The molecule has 0 aromatic heterocycles. The monoisotopic (exact) mass is 360 g/mol. The van der Waals surface area contributed by atoms with Crippen molar-refractivity contribution in [1.29, 1.82) is 0 Å². The van der Waals surface area contributed by atoms with Gasteiger partial charge in [-0.3, -0.25) is 19.3 Å². The van der Waals surface area contributed by atoms with Gasteiger partial charge in [0.05, 0.1) is 20.3 Å². The lowest BCUT2D eigenvalue weighted by atomic mass is 10.0. The highest BCUT2D eigenvalue weighted by atomic mass is 16.5. The summed E-state index contributed by atoms with van der Waals surface area (Å²) in [4.78, 5) is 39.1. The van der Waals surface area contributed by atoms with Crippen LogP contribution in [0, 0.1) is 0 Å². The number of methoxy groups -OCH3 is 2. The molecule has 1 atom stereocenters. The number of imide groups is 1. The Morgan fingerprint density at radius 2 is 1.81 bits per heavy atom. The second kappa shape index (κ2) is 7.76. The zero-order valence-corrected chi connectivity index (χ0v) is 15.2. The van der Waals surface area contributed by atoms with Crippen molar-refractivity contribution in [3.63, 3.8) is 0 Å². The van der Waals surface area contributed by atoms with E-state index in [1.807, 2.05) is 23.1 Å². The lowest BCUT2D eigenvalue weighted by Gasteiger charge is -2.26. The zero-order valence-electron chi connectivity index (χ0n) is 15.2. The van der Waals surface area contributed by atoms with Crippen molar-refractivity contribution in [1.82, 2.24) is 9.80 Å². The van der Waals surface area contributed by atoms with Gasteiger partial charge < -0.3 is 14.4 Å². The Balaban J connectivity index is 1.68. The fourth-order valence-electron chi connectivity index (χ4n) is 3.70. The van der Waals surface area contributed by atoms with E-state index in [1.165, 1.54) is 4.90 Å². The minimum absolute atomic E-state index is 0.0210. The Kier molecular flexibility index (Phi) is 5.44. The Bertz CT molecular complexity index is 702. The van der Waals surface area contributed by atoms with Gasteiger partial charge >= 0.3 is 0 Å². The molecule has 2 aliphatic rings. The molecule has 3 amide bonds. The van der Waals surface area contributed by atoms with E-state index in [9.17, 15) is 14.4 Å². The van der Waals surface area contributed by atoms with Gasteiger partial charge in [-0.2, -0.15) is 0 Å². The van der Waals surface area contributed by atoms with Crippen LogP contribution in [0.4, 0.5) is 0 Å². The SMILES string of the molecule is COc1ccc([C@@H]2CCCN2C(=O)CCN2C(=O)CCC2=O)cc1OC. The molecule has 0 spiro atoms. The first kappa shape index (κ1) is 18.2. The summed E-state index contributed by atoms with van der Waals surface area (Å²) >= 11 is 0. The maximum absolute atomic E-state index is 12.7. The van der Waals surface area contributed by atoms with Gasteiger partial charge in [-0.25, -0.2) is 0 Å². The number of likely N-dealkylation sites (tertiary alicyclic amines) is 2. The Labute approximate surface area is 152 Å². The number of rotatable bonds is 6. The summed E-state index contributed by atoms with van der Waals surface area (Å²) in [6.45, 7) is 0.853. The molecule has 0 bridgehead atoms. The quantitative estimate of drug-likeness (QED) is 0.725. The number of carbonyl (C=O) groups excluding carboxylic acids is 3. The molecule has 2 aliphatic heterocycles. The third-order valence-corrected chi connectivity index (χ3v) is 5.07. The number of hydrogen-bond donors (Lipinski definition) is 0. The maximum Gasteiger partial charge on any atom is 0.229 e. The summed E-state index contributed by atoms with van der Waals surface area (Å²) in [5, 5.41) is 0. The van der Waals surface area contributed by atoms with E-state index in [0.717, 1.165) is 18.4 Å². The first-order valence-corrected chi connectivity index (χ1v) is 8.89. The van der Waals surface area contributed by atoms with Crippen LogP contribution in [0.15, 0.2) is 18.2 Å². The standard InChI is InChI=1S/C19H24N2O5/c1-25-15-6-5-13(12-16(15)26-2)14-4-3-10-20(14)19(24)9-11-21-17(22)7-8-18(21)23/h5-6,12,14H,3-4,7-11H2,1-2H3/t14-/m0/s1. The molecule has 1 aromatic rings. The van der Waals surface area contributed by atoms with Gasteiger partial charge in [0.25, 0.3) is 0 Å². The van der Waals surface area contributed by atoms with E-state index < -0.39 is 0 Å². The van der Waals surface area contributed by atoms with Crippen molar-refractivity contribution in [2.75, 3.05) is 27.3 Å². The van der Waals surface area contributed by atoms with Crippen LogP contribution in [0.1, 0.15) is 43.7 Å². The van der Waals surface area contributed by atoms with Crippen LogP contribution in [0.2, 0.25) is 0 Å². The minimum atomic E-state index is -0.180. The fourth-order valence-corrected chi connectivity index (χ4v) is 3.70. The van der Waals surface area contributed by atoms with Gasteiger partial charge in [0.1, 0.15) is 0 Å². The van der Waals surface area contributed by atoms with Gasteiger partial charge in [-0.15, -0.1) is 0 Å². The Hall–Kier alpha value is -2.57. The molecule has 0 unspecified atom stereocenters. The molecule has 1 aromatic carbocycles. The van der Waals surface area contributed by atoms with Crippen molar-refractivity contribution in [2.24, 2.45) is 0 Å². The molecule has 0 saturated carbocycles. The summed E-state index contributed by atoms with van der Waals surface area (Å²) in [6.07, 6.45) is 2.48. The molecular weight excluding hydrogens is 336 g/mol. The van der Waals surface area contributed by atoms with E-state index in [0.29, 0.717) is 18.0 Å². The number of hydrogen-bond acceptors (Lipinski definition) is 5. The summed E-state index contributed by atoms with van der Waals surface area (Å²) in [5.74, 6) is 0.895. The van der Waals surface area contributed by atoms with E-state index in [-0.39, 0.29) is 49.6 Å². The highest BCUT2D eigenvalue weighted by Gasteiger charge is 2.33. The van der Waals surface area contributed by atoms with Crippen molar-refractivity contribution in [3.8, 4) is 11.5 Å². The summed E-state index contributed by atoms with van der Waals surface area (Å²) in [6, 6.07) is 5.68. The lowest BCUT2D eigenvalue weighted by Crippen LogP contribution is -2.36. The van der Waals surface area contributed by atoms with Crippen LogP contribution < -0.4 is 9.47 Å². The Morgan fingerprint density at radius 3 is 2.46 bits per heavy atom. The van der Waals surface area contributed by atoms with E-state index >= 15 is 0 Å². The third kappa shape index (κ3) is 3.52. The van der Waals surface area contributed by atoms with E-state index in [1.54, 1.807) is 14.2 Å². The largest absolute Gasteiger partial charge is 0.493 e. The van der Waals surface area contributed by atoms with E-state index in [2.05, 4.69) is 0 Å². The second-order valence-corrected chi connectivity index (χ2v) is 6.55. The fraction of sp³-hybridized carbons (Fsp3) is 0.526. The summed E-state index contributed by atoms with van der Waals surface area (Å²) < 4.78 is 10.6. The normalized spacial score (nSPS) is 20.0. The molecule has 7 heteroatoms. The highest BCUT2D eigenvalue weighted by molar-refractivity contribution is 6.02. The van der Waals surface area contributed by atoms with Gasteiger partial charge in [-0.05, 0) is 30.5 Å². The summed E-state index contributed by atoms with van der Waals surface area (Å²) in [7, 11) is 3.17. The van der Waals surface area contributed by atoms with Crippen LogP contribution in [-0.2, 0) is 14.4 Å². The number of ether oxygens (including phenoxy) is 2. The van der Waals surface area contributed by atoms with Crippen LogP contribution in [0.3, 0.4) is 0 Å². The smallest absolute Gasteiger partial charge is 0.229 e.